The SMILES string of the molecule is CC(C)(C)OCCCCCC[c-]1cccc1.[Li+]. The van der Waals surface area contributed by atoms with E-state index in [0.717, 1.165) is 6.61 Å². The van der Waals surface area contributed by atoms with Crippen LogP contribution in [-0.4, -0.2) is 12.2 Å². The third kappa shape index (κ3) is 9.59. The van der Waals surface area contributed by atoms with Crippen LogP contribution >= 0.6 is 0 Å². The molecule has 0 N–H and O–H groups in total. The zero-order chi connectivity index (χ0) is 11.9. The zero-order valence-corrected chi connectivity index (χ0v) is 12.0. The third-order valence-electron chi connectivity index (χ3n) is 2.63. The second-order valence-electron chi connectivity index (χ2n) is 5.42. The van der Waals surface area contributed by atoms with Crippen molar-refractivity contribution in [1.82, 2.24) is 0 Å². The number of unbranched alkanes of at least 4 members (excludes halogenated alkanes) is 3. The zero-order valence-electron chi connectivity index (χ0n) is 12.0. The van der Waals surface area contributed by atoms with Gasteiger partial charge in [0, 0.05) is 6.61 Å². The standard InChI is InChI=1S/C15H25O.Li/c1-15(2,3)16-13-9-5-4-6-10-14-11-7-8-12-14;/h7-8,11-12H,4-6,9-10,13H2,1-3H3;/q-1;+1. The average Bonchev–Trinajstić information content (AvgIpc) is 2.67. The van der Waals surface area contributed by atoms with E-state index < -0.39 is 0 Å². The number of rotatable bonds is 7. The van der Waals surface area contributed by atoms with Crippen LogP contribution in [0.15, 0.2) is 24.3 Å². The largest absolute Gasteiger partial charge is 1.00 e. The van der Waals surface area contributed by atoms with Crippen LogP contribution in [0.3, 0.4) is 0 Å². The summed E-state index contributed by atoms with van der Waals surface area (Å²) in [6.45, 7) is 7.24. The van der Waals surface area contributed by atoms with Crippen molar-refractivity contribution in [2.24, 2.45) is 0 Å². The predicted octanol–water partition coefficient (Wildman–Crippen LogP) is 1.33. The predicted molar refractivity (Wildman–Crippen MR) is 69.9 cm³/mol. The Bertz CT molecular complexity index is 259. The Kier molecular flexibility index (Phi) is 8.87. The summed E-state index contributed by atoms with van der Waals surface area (Å²) < 4.78 is 5.68. The van der Waals surface area contributed by atoms with E-state index in [1.165, 1.54) is 37.7 Å². The van der Waals surface area contributed by atoms with Crippen LogP contribution in [0.4, 0.5) is 0 Å². The Morgan fingerprint density at radius 2 is 1.53 bits per heavy atom. The Labute approximate surface area is 118 Å². The first kappa shape index (κ1) is 16.9. The van der Waals surface area contributed by atoms with Crippen molar-refractivity contribution in [2.45, 2.75) is 58.5 Å². The van der Waals surface area contributed by atoms with Crippen LogP contribution in [0, 0.1) is 0 Å². The maximum atomic E-state index is 5.68. The van der Waals surface area contributed by atoms with Gasteiger partial charge >= 0.3 is 18.9 Å². The van der Waals surface area contributed by atoms with Crippen LogP contribution in [0.1, 0.15) is 52.0 Å². The van der Waals surface area contributed by atoms with Gasteiger partial charge < -0.3 is 4.74 Å². The first-order chi connectivity index (χ1) is 7.58. The van der Waals surface area contributed by atoms with E-state index in [-0.39, 0.29) is 24.5 Å². The van der Waals surface area contributed by atoms with Gasteiger partial charge in [-0.15, -0.1) is 0 Å². The van der Waals surface area contributed by atoms with E-state index in [0.29, 0.717) is 0 Å². The molecule has 1 aromatic carbocycles. The molecule has 0 spiro atoms. The molecule has 0 unspecified atom stereocenters. The Balaban J connectivity index is 0.00000256. The van der Waals surface area contributed by atoms with Crippen LogP contribution < -0.4 is 18.9 Å². The van der Waals surface area contributed by atoms with E-state index in [1.807, 2.05) is 0 Å². The second-order valence-corrected chi connectivity index (χ2v) is 5.42. The Morgan fingerprint density at radius 1 is 0.941 bits per heavy atom. The summed E-state index contributed by atoms with van der Waals surface area (Å²) in [5, 5.41) is 0. The van der Waals surface area contributed by atoms with Crippen molar-refractivity contribution in [3.05, 3.63) is 29.8 Å². The van der Waals surface area contributed by atoms with Crippen molar-refractivity contribution < 1.29 is 23.6 Å². The van der Waals surface area contributed by atoms with Gasteiger partial charge in [0.15, 0.2) is 0 Å². The first-order valence-electron chi connectivity index (χ1n) is 6.42. The fourth-order valence-corrected chi connectivity index (χ4v) is 1.74. The van der Waals surface area contributed by atoms with E-state index in [2.05, 4.69) is 45.0 Å². The quantitative estimate of drug-likeness (QED) is 0.388. The fraction of sp³-hybridized carbons (Fsp3) is 0.667. The summed E-state index contributed by atoms with van der Waals surface area (Å²) in [6, 6.07) is 8.66. The summed E-state index contributed by atoms with van der Waals surface area (Å²) in [7, 11) is 0. The molecule has 0 amide bonds. The van der Waals surface area contributed by atoms with Gasteiger partial charge in [0.1, 0.15) is 0 Å². The molecule has 0 bridgehead atoms. The first-order valence-corrected chi connectivity index (χ1v) is 6.42. The minimum absolute atomic E-state index is 0. The molecule has 0 radical (unpaired) electrons. The van der Waals surface area contributed by atoms with Gasteiger partial charge in [-0.1, -0.05) is 25.7 Å². The van der Waals surface area contributed by atoms with Crippen LogP contribution in [0.25, 0.3) is 0 Å². The van der Waals surface area contributed by atoms with Gasteiger partial charge in [-0.05, 0) is 27.2 Å². The maximum Gasteiger partial charge on any atom is 1.00 e. The summed E-state index contributed by atoms with van der Waals surface area (Å²) in [6.07, 6.45) is 6.33. The maximum absolute atomic E-state index is 5.68. The average molecular weight is 228 g/mol. The molecule has 0 saturated heterocycles. The monoisotopic (exact) mass is 228 g/mol. The topological polar surface area (TPSA) is 9.23 Å². The molecular formula is C15H25LiO. The normalized spacial score (nSPS) is 11.2. The van der Waals surface area contributed by atoms with Crippen molar-refractivity contribution in [2.75, 3.05) is 6.61 Å². The van der Waals surface area contributed by atoms with Gasteiger partial charge in [-0.3, -0.25) is 0 Å². The molecule has 92 valence electrons. The van der Waals surface area contributed by atoms with E-state index >= 15 is 0 Å². The molecule has 0 aliphatic rings. The number of hydrogen-bond donors (Lipinski definition) is 0. The number of aryl methyl sites for hydroxylation is 1. The van der Waals surface area contributed by atoms with Crippen molar-refractivity contribution in [3.8, 4) is 0 Å². The third-order valence-corrected chi connectivity index (χ3v) is 2.63. The molecule has 1 rings (SSSR count). The van der Waals surface area contributed by atoms with Crippen molar-refractivity contribution in [3.63, 3.8) is 0 Å². The molecule has 1 aromatic rings. The summed E-state index contributed by atoms with van der Waals surface area (Å²) in [4.78, 5) is 0. The van der Waals surface area contributed by atoms with Crippen molar-refractivity contribution in [1.29, 1.82) is 0 Å². The molecule has 0 fully saturated rings. The van der Waals surface area contributed by atoms with Gasteiger partial charge in [0.05, 0.1) is 5.60 Å². The molecule has 17 heavy (non-hydrogen) atoms. The molecule has 1 nitrogen and oxygen atoms in total. The van der Waals surface area contributed by atoms with Crippen LogP contribution in [0.5, 0.6) is 0 Å². The van der Waals surface area contributed by atoms with Gasteiger partial charge in [0.25, 0.3) is 0 Å². The smallest absolute Gasteiger partial charge is 0.376 e. The van der Waals surface area contributed by atoms with Crippen molar-refractivity contribution >= 4 is 0 Å². The Hall–Kier alpha value is -0.0926. The fourth-order valence-electron chi connectivity index (χ4n) is 1.74. The molecular weight excluding hydrogens is 203 g/mol. The van der Waals surface area contributed by atoms with E-state index in [9.17, 15) is 0 Å². The van der Waals surface area contributed by atoms with Gasteiger partial charge in [0.2, 0.25) is 0 Å². The van der Waals surface area contributed by atoms with Crippen LogP contribution in [-0.2, 0) is 11.2 Å². The molecule has 0 atom stereocenters. The summed E-state index contributed by atoms with van der Waals surface area (Å²) >= 11 is 0. The number of ether oxygens (including phenoxy) is 1. The molecule has 0 aliphatic heterocycles. The summed E-state index contributed by atoms with van der Waals surface area (Å²) in [5.41, 5.74) is 1.50. The molecule has 0 aliphatic carbocycles. The molecule has 0 saturated carbocycles. The molecule has 0 aromatic heterocycles. The Morgan fingerprint density at radius 3 is 2.12 bits per heavy atom. The summed E-state index contributed by atoms with van der Waals surface area (Å²) in [5.74, 6) is 0. The van der Waals surface area contributed by atoms with Gasteiger partial charge in [-0.25, -0.2) is 12.1 Å². The van der Waals surface area contributed by atoms with Crippen LogP contribution in [0.2, 0.25) is 0 Å². The second kappa shape index (κ2) is 8.92. The van der Waals surface area contributed by atoms with E-state index in [4.69, 9.17) is 4.74 Å². The minimum Gasteiger partial charge on any atom is -0.376 e. The molecule has 0 heterocycles. The van der Waals surface area contributed by atoms with Gasteiger partial charge in [-0.2, -0.15) is 17.7 Å². The number of hydrogen-bond acceptors (Lipinski definition) is 1. The molecule has 2 heteroatoms. The minimum atomic E-state index is 0. The van der Waals surface area contributed by atoms with E-state index in [1.54, 1.807) is 0 Å².